The van der Waals surface area contributed by atoms with E-state index >= 15 is 0 Å². The van der Waals surface area contributed by atoms with Crippen molar-refractivity contribution in [2.24, 2.45) is 5.92 Å². The fourth-order valence-corrected chi connectivity index (χ4v) is 2.71. The molecule has 1 N–H and O–H groups in total. The maximum atomic E-state index is 12.6. The number of likely N-dealkylation sites (tertiary alicyclic amines) is 1. The summed E-state index contributed by atoms with van der Waals surface area (Å²) >= 11 is 0. The van der Waals surface area contributed by atoms with E-state index in [9.17, 15) is 14.9 Å². The van der Waals surface area contributed by atoms with Gasteiger partial charge in [0.15, 0.2) is 0 Å². The second-order valence-corrected chi connectivity index (χ2v) is 5.40. The zero-order valence-electron chi connectivity index (χ0n) is 12.3. The fourth-order valence-electron chi connectivity index (χ4n) is 2.71. The lowest BCUT2D eigenvalue weighted by Crippen LogP contribution is -2.42. The molecule has 1 aliphatic heterocycles. The molecule has 0 saturated carbocycles. The highest BCUT2D eigenvalue weighted by molar-refractivity contribution is 5.95. The van der Waals surface area contributed by atoms with E-state index in [1.165, 1.54) is 12.3 Å². The summed E-state index contributed by atoms with van der Waals surface area (Å²) in [5, 5.41) is 14.0. The van der Waals surface area contributed by atoms with Gasteiger partial charge in [-0.05, 0) is 39.3 Å². The lowest BCUT2D eigenvalue weighted by Gasteiger charge is -2.33. The Morgan fingerprint density at radius 2 is 2.38 bits per heavy atom. The van der Waals surface area contributed by atoms with Gasteiger partial charge in [0, 0.05) is 19.2 Å². The van der Waals surface area contributed by atoms with Crippen molar-refractivity contribution in [3.8, 4) is 0 Å². The highest BCUT2D eigenvalue weighted by atomic mass is 16.6. The number of carbonyl (C=O) groups is 1. The first-order valence-corrected chi connectivity index (χ1v) is 7.08. The summed E-state index contributed by atoms with van der Waals surface area (Å²) in [7, 11) is 1.90. The average molecular weight is 292 g/mol. The lowest BCUT2D eigenvalue weighted by atomic mass is 9.97. The molecular formula is C14H20N4O3. The topological polar surface area (TPSA) is 88.4 Å². The van der Waals surface area contributed by atoms with Gasteiger partial charge in [0.1, 0.15) is 6.20 Å². The maximum Gasteiger partial charge on any atom is 0.288 e. The minimum Gasteiger partial charge on any atom is -0.338 e. The van der Waals surface area contributed by atoms with E-state index in [4.69, 9.17) is 0 Å². The van der Waals surface area contributed by atoms with Crippen LogP contribution in [0.4, 0.5) is 5.69 Å². The van der Waals surface area contributed by atoms with Gasteiger partial charge in [-0.3, -0.25) is 19.9 Å². The molecule has 1 atom stereocenters. The number of piperidine rings is 1. The summed E-state index contributed by atoms with van der Waals surface area (Å²) in [6.45, 7) is 3.95. The number of nitrogens with zero attached hydrogens (tertiary/aromatic N) is 3. The van der Waals surface area contributed by atoms with Crippen molar-refractivity contribution >= 4 is 11.6 Å². The van der Waals surface area contributed by atoms with Crippen LogP contribution in [0.3, 0.4) is 0 Å². The molecule has 1 saturated heterocycles. The fraction of sp³-hybridized carbons (Fsp3) is 0.571. The highest BCUT2D eigenvalue weighted by Gasteiger charge is 2.26. The Bertz CT molecular complexity index is 545. The monoisotopic (exact) mass is 292 g/mol. The normalized spacial score (nSPS) is 18.6. The van der Waals surface area contributed by atoms with Gasteiger partial charge in [-0.25, -0.2) is 0 Å². The number of aromatic nitrogens is 1. The molecule has 1 aromatic heterocycles. The van der Waals surface area contributed by atoms with E-state index in [-0.39, 0.29) is 11.6 Å². The number of hydrogen-bond donors (Lipinski definition) is 1. The number of rotatable bonds is 4. The van der Waals surface area contributed by atoms with Crippen LogP contribution >= 0.6 is 0 Å². The van der Waals surface area contributed by atoms with Crippen LogP contribution in [-0.4, -0.2) is 47.4 Å². The Morgan fingerprint density at radius 3 is 3.05 bits per heavy atom. The van der Waals surface area contributed by atoms with Crippen molar-refractivity contribution in [2.45, 2.75) is 19.8 Å². The molecule has 7 heteroatoms. The van der Waals surface area contributed by atoms with Crippen LogP contribution in [0.2, 0.25) is 0 Å². The molecule has 0 bridgehead atoms. The molecule has 1 fully saturated rings. The first-order valence-electron chi connectivity index (χ1n) is 7.08. The quantitative estimate of drug-likeness (QED) is 0.669. The van der Waals surface area contributed by atoms with E-state index in [0.29, 0.717) is 30.3 Å². The van der Waals surface area contributed by atoms with Gasteiger partial charge in [0.05, 0.1) is 16.2 Å². The molecular weight excluding hydrogens is 272 g/mol. The van der Waals surface area contributed by atoms with Crippen LogP contribution in [0.5, 0.6) is 0 Å². The van der Waals surface area contributed by atoms with Crippen LogP contribution in [0.25, 0.3) is 0 Å². The first-order chi connectivity index (χ1) is 10.0. The SMILES string of the molecule is CNCC1CCCN(C(=O)c2cc([N+](=O)[O-])cnc2C)C1. The lowest BCUT2D eigenvalue weighted by molar-refractivity contribution is -0.385. The average Bonchev–Trinajstić information content (AvgIpc) is 2.47. The molecule has 1 aliphatic rings. The number of pyridine rings is 1. The predicted molar refractivity (Wildman–Crippen MR) is 78.2 cm³/mol. The molecule has 0 aliphatic carbocycles. The molecule has 114 valence electrons. The van der Waals surface area contributed by atoms with Gasteiger partial charge in [0.25, 0.3) is 11.6 Å². The third-order valence-corrected chi connectivity index (χ3v) is 3.81. The third-order valence-electron chi connectivity index (χ3n) is 3.81. The summed E-state index contributed by atoms with van der Waals surface area (Å²) in [6.07, 6.45) is 3.24. The summed E-state index contributed by atoms with van der Waals surface area (Å²) in [6, 6.07) is 1.33. The summed E-state index contributed by atoms with van der Waals surface area (Å²) in [4.78, 5) is 28.6. The van der Waals surface area contributed by atoms with Crippen molar-refractivity contribution < 1.29 is 9.72 Å². The van der Waals surface area contributed by atoms with Crippen LogP contribution in [0.15, 0.2) is 12.3 Å². The Labute approximate surface area is 123 Å². The molecule has 1 amide bonds. The van der Waals surface area contributed by atoms with Crippen molar-refractivity contribution in [2.75, 3.05) is 26.7 Å². The van der Waals surface area contributed by atoms with Crippen molar-refractivity contribution in [3.63, 3.8) is 0 Å². The molecule has 0 spiro atoms. The van der Waals surface area contributed by atoms with E-state index in [0.717, 1.165) is 19.4 Å². The molecule has 2 heterocycles. The second-order valence-electron chi connectivity index (χ2n) is 5.40. The Hall–Kier alpha value is -2.02. The molecule has 1 aromatic rings. The number of hydrogen-bond acceptors (Lipinski definition) is 5. The summed E-state index contributed by atoms with van der Waals surface area (Å²) < 4.78 is 0. The summed E-state index contributed by atoms with van der Waals surface area (Å²) in [5.74, 6) is 0.268. The van der Waals surface area contributed by atoms with Gasteiger partial charge in [-0.15, -0.1) is 0 Å². The number of nitrogens with one attached hydrogen (secondary N) is 1. The number of nitro groups is 1. The number of aryl methyl sites for hydroxylation is 1. The Balaban J connectivity index is 2.19. The van der Waals surface area contributed by atoms with E-state index < -0.39 is 4.92 Å². The van der Waals surface area contributed by atoms with E-state index in [1.807, 2.05) is 7.05 Å². The zero-order valence-corrected chi connectivity index (χ0v) is 12.3. The maximum absolute atomic E-state index is 12.6. The van der Waals surface area contributed by atoms with Crippen LogP contribution < -0.4 is 5.32 Å². The Kier molecular flexibility index (Phi) is 4.85. The van der Waals surface area contributed by atoms with Gasteiger partial charge in [0.2, 0.25) is 0 Å². The van der Waals surface area contributed by atoms with Crippen molar-refractivity contribution in [1.29, 1.82) is 0 Å². The van der Waals surface area contributed by atoms with Gasteiger partial charge in [-0.2, -0.15) is 0 Å². The van der Waals surface area contributed by atoms with Crippen molar-refractivity contribution in [3.05, 3.63) is 33.6 Å². The number of carbonyl (C=O) groups excluding carboxylic acids is 1. The summed E-state index contributed by atoms with van der Waals surface area (Å²) in [5.41, 5.74) is 0.711. The van der Waals surface area contributed by atoms with E-state index in [1.54, 1.807) is 11.8 Å². The number of amides is 1. The molecule has 7 nitrogen and oxygen atoms in total. The Morgan fingerprint density at radius 1 is 1.62 bits per heavy atom. The third kappa shape index (κ3) is 3.55. The molecule has 0 radical (unpaired) electrons. The van der Waals surface area contributed by atoms with Crippen LogP contribution in [-0.2, 0) is 0 Å². The minimum absolute atomic E-state index is 0.146. The van der Waals surface area contributed by atoms with Gasteiger partial charge < -0.3 is 10.2 Å². The van der Waals surface area contributed by atoms with Crippen LogP contribution in [0.1, 0.15) is 28.9 Å². The molecule has 2 rings (SSSR count). The molecule has 21 heavy (non-hydrogen) atoms. The van der Waals surface area contributed by atoms with Crippen LogP contribution in [0, 0.1) is 23.0 Å². The zero-order chi connectivity index (χ0) is 15.4. The molecule has 1 unspecified atom stereocenters. The standard InChI is InChI=1S/C14H20N4O3/c1-10-13(6-12(8-16-10)18(20)21)14(19)17-5-3-4-11(9-17)7-15-2/h6,8,11,15H,3-5,7,9H2,1-2H3. The second kappa shape index (κ2) is 6.62. The minimum atomic E-state index is -0.525. The first kappa shape index (κ1) is 15.4. The molecule has 0 aromatic carbocycles. The largest absolute Gasteiger partial charge is 0.338 e. The predicted octanol–water partition coefficient (Wildman–Crippen LogP) is 1.37. The smallest absolute Gasteiger partial charge is 0.288 e. The van der Waals surface area contributed by atoms with Gasteiger partial charge >= 0.3 is 0 Å². The highest BCUT2D eigenvalue weighted by Crippen LogP contribution is 2.21. The van der Waals surface area contributed by atoms with Crippen molar-refractivity contribution in [1.82, 2.24) is 15.2 Å². The van der Waals surface area contributed by atoms with Gasteiger partial charge in [-0.1, -0.05) is 0 Å². The van der Waals surface area contributed by atoms with E-state index in [2.05, 4.69) is 10.3 Å².